The van der Waals surface area contributed by atoms with Crippen LogP contribution in [0, 0.1) is 17.1 Å². The monoisotopic (exact) mass is 352 g/mol. The second kappa shape index (κ2) is 7.20. The molecule has 0 radical (unpaired) electrons. The summed E-state index contributed by atoms with van der Waals surface area (Å²) in [5.41, 5.74) is 2.06. The summed E-state index contributed by atoms with van der Waals surface area (Å²) >= 11 is 1.39. The molecule has 3 rings (SSSR count). The number of halogens is 1. The van der Waals surface area contributed by atoms with Crippen LogP contribution in [0.15, 0.2) is 59.9 Å². The molecule has 2 aromatic carbocycles. The van der Waals surface area contributed by atoms with Gasteiger partial charge in [0.2, 0.25) is 0 Å². The van der Waals surface area contributed by atoms with Crippen molar-refractivity contribution in [3.63, 3.8) is 0 Å². The van der Waals surface area contributed by atoms with E-state index >= 15 is 0 Å². The Morgan fingerprint density at radius 2 is 1.88 bits per heavy atom. The van der Waals surface area contributed by atoms with E-state index in [2.05, 4.69) is 10.3 Å². The molecule has 25 heavy (non-hydrogen) atoms. The predicted octanol–water partition coefficient (Wildman–Crippen LogP) is 3.86. The van der Waals surface area contributed by atoms with Gasteiger partial charge in [-0.05, 0) is 54.8 Å². The summed E-state index contributed by atoms with van der Waals surface area (Å²) in [6, 6.07) is 14.4. The molecule has 0 aliphatic heterocycles. The molecule has 0 saturated carbocycles. The Morgan fingerprint density at radius 3 is 2.48 bits per heavy atom. The van der Waals surface area contributed by atoms with E-state index in [4.69, 9.17) is 5.26 Å². The van der Waals surface area contributed by atoms with Gasteiger partial charge in [0.15, 0.2) is 5.16 Å². The van der Waals surface area contributed by atoms with E-state index in [0.717, 1.165) is 0 Å². The topological polar surface area (TPSA) is 70.7 Å². The van der Waals surface area contributed by atoms with Crippen molar-refractivity contribution in [1.82, 2.24) is 9.55 Å². The van der Waals surface area contributed by atoms with Crippen LogP contribution >= 0.6 is 11.8 Å². The number of nitrogens with zero attached hydrogens (tertiary/aromatic N) is 3. The maximum Gasteiger partial charge on any atom is 0.274 e. The highest BCUT2D eigenvalue weighted by Crippen LogP contribution is 2.23. The zero-order valence-corrected chi connectivity index (χ0v) is 14.0. The normalized spacial score (nSPS) is 10.3. The van der Waals surface area contributed by atoms with Crippen LogP contribution in [0.1, 0.15) is 16.1 Å². The molecule has 0 unspecified atom stereocenters. The summed E-state index contributed by atoms with van der Waals surface area (Å²) < 4.78 is 14.9. The molecule has 0 fully saturated rings. The lowest BCUT2D eigenvalue weighted by Gasteiger charge is -2.11. The number of thioether (sulfide) groups is 1. The number of rotatable bonds is 4. The minimum absolute atomic E-state index is 0.334. The first kappa shape index (κ1) is 16.7. The third-order valence-electron chi connectivity index (χ3n) is 3.50. The van der Waals surface area contributed by atoms with Gasteiger partial charge in [-0.3, -0.25) is 9.36 Å². The fourth-order valence-electron chi connectivity index (χ4n) is 2.30. The summed E-state index contributed by atoms with van der Waals surface area (Å²) in [6.07, 6.45) is 3.33. The summed E-state index contributed by atoms with van der Waals surface area (Å²) in [5, 5.41) is 12.2. The van der Waals surface area contributed by atoms with E-state index < -0.39 is 0 Å². The van der Waals surface area contributed by atoms with Crippen molar-refractivity contribution in [2.45, 2.75) is 5.16 Å². The predicted molar refractivity (Wildman–Crippen MR) is 94.4 cm³/mol. The molecular weight excluding hydrogens is 339 g/mol. The smallest absolute Gasteiger partial charge is 0.274 e. The van der Waals surface area contributed by atoms with Crippen molar-refractivity contribution in [1.29, 1.82) is 5.26 Å². The van der Waals surface area contributed by atoms with Gasteiger partial charge in [-0.15, -0.1) is 0 Å². The number of carbonyl (C=O) groups excluding carboxylic acids is 1. The van der Waals surface area contributed by atoms with Gasteiger partial charge < -0.3 is 5.32 Å². The number of hydrogen-bond acceptors (Lipinski definition) is 4. The molecule has 124 valence electrons. The van der Waals surface area contributed by atoms with Gasteiger partial charge in [-0.1, -0.05) is 11.8 Å². The van der Waals surface area contributed by atoms with Gasteiger partial charge >= 0.3 is 0 Å². The maximum absolute atomic E-state index is 13.2. The molecule has 0 saturated heterocycles. The van der Waals surface area contributed by atoms with Crippen LogP contribution in [0.5, 0.6) is 0 Å². The number of carbonyl (C=O) groups is 1. The summed E-state index contributed by atoms with van der Waals surface area (Å²) in [6.45, 7) is 0. The van der Waals surface area contributed by atoms with Crippen LogP contribution in [0.4, 0.5) is 10.1 Å². The van der Waals surface area contributed by atoms with Gasteiger partial charge in [0.1, 0.15) is 11.5 Å². The molecule has 1 aromatic heterocycles. The van der Waals surface area contributed by atoms with E-state index in [1.807, 2.05) is 12.3 Å². The Morgan fingerprint density at radius 1 is 1.20 bits per heavy atom. The number of amides is 1. The lowest BCUT2D eigenvalue weighted by Crippen LogP contribution is -2.16. The van der Waals surface area contributed by atoms with Gasteiger partial charge in [0.25, 0.3) is 5.91 Å². The zero-order valence-electron chi connectivity index (χ0n) is 13.2. The molecule has 1 heterocycles. The highest BCUT2D eigenvalue weighted by molar-refractivity contribution is 7.98. The lowest BCUT2D eigenvalue weighted by atomic mass is 10.2. The first-order valence-corrected chi connectivity index (χ1v) is 8.54. The molecule has 1 amide bonds. The van der Waals surface area contributed by atoms with Gasteiger partial charge in [0.05, 0.1) is 17.8 Å². The Bertz CT molecular complexity index is 943. The number of benzene rings is 2. The molecule has 3 aromatic rings. The lowest BCUT2D eigenvalue weighted by molar-refractivity contribution is 0.102. The molecule has 0 atom stereocenters. The highest BCUT2D eigenvalue weighted by Gasteiger charge is 2.18. The minimum Gasteiger partial charge on any atom is -0.321 e. The molecule has 7 heteroatoms. The van der Waals surface area contributed by atoms with Crippen LogP contribution in [-0.2, 0) is 0 Å². The van der Waals surface area contributed by atoms with Crippen molar-refractivity contribution >= 4 is 23.4 Å². The molecule has 0 aliphatic carbocycles. The summed E-state index contributed by atoms with van der Waals surface area (Å²) in [4.78, 5) is 16.9. The van der Waals surface area contributed by atoms with E-state index in [0.29, 0.717) is 27.8 Å². The van der Waals surface area contributed by atoms with Crippen LogP contribution < -0.4 is 5.32 Å². The molecule has 0 spiro atoms. The quantitative estimate of drug-likeness (QED) is 0.724. The van der Waals surface area contributed by atoms with E-state index in [1.54, 1.807) is 41.0 Å². The molecule has 0 aliphatic rings. The number of nitrogens with one attached hydrogen (secondary N) is 1. The van der Waals surface area contributed by atoms with E-state index in [1.165, 1.54) is 30.1 Å². The first-order chi connectivity index (χ1) is 12.1. The number of imidazole rings is 1. The zero-order chi connectivity index (χ0) is 17.8. The largest absolute Gasteiger partial charge is 0.321 e. The summed E-state index contributed by atoms with van der Waals surface area (Å²) in [5.74, 6) is -0.694. The highest BCUT2D eigenvalue weighted by atomic mass is 32.2. The van der Waals surface area contributed by atoms with E-state index in [-0.39, 0.29) is 11.7 Å². The van der Waals surface area contributed by atoms with Gasteiger partial charge in [-0.25, -0.2) is 9.37 Å². The van der Waals surface area contributed by atoms with Crippen molar-refractivity contribution in [3.05, 3.63) is 71.8 Å². The number of aromatic nitrogens is 2. The summed E-state index contributed by atoms with van der Waals surface area (Å²) in [7, 11) is 0. The second-order valence-corrected chi connectivity index (χ2v) is 5.86. The number of hydrogen-bond donors (Lipinski definition) is 1. The standard InChI is InChI=1S/C18H13FN4OS/c1-25-18-21-11-16(23(18)15-8-4-13(19)5-9-15)17(24)22-14-6-2-12(10-20)3-7-14/h2-9,11H,1H3,(H,22,24). The number of anilines is 1. The Kier molecular flexibility index (Phi) is 4.82. The van der Waals surface area contributed by atoms with Crippen molar-refractivity contribution in [3.8, 4) is 11.8 Å². The molecule has 5 nitrogen and oxygen atoms in total. The van der Waals surface area contributed by atoms with Crippen LogP contribution in [0.3, 0.4) is 0 Å². The maximum atomic E-state index is 13.2. The average Bonchev–Trinajstić information content (AvgIpc) is 3.07. The van der Waals surface area contributed by atoms with Crippen molar-refractivity contribution in [2.75, 3.05) is 11.6 Å². The van der Waals surface area contributed by atoms with Gasteiger partial charge in [0, 0.05) is 11.4 Å². The van der Waals surface area contributed by atoms with Crippen LogP contribution in [0.25, 0.3) is 5.69 Å². The van der Waals surface area contributed by atoms with Crippen LogP contribution in [-0.4, -0.2) is 21.7 Å². The SMILES string of the molecule is CSc1ncc(C(=O)Nc2ccc(C#N)cc2)n1-c1ccc(F)cc1. The third kappa shape index (κ3) is 3.54. The molecule has 1 N–H and O–H groups in total. The van der Waals surface area contributed by atoms with Crippen LogP contribution in [0.2, 0.25) is 0 Å². The second-order valence-electron chi connectivity index (χ2n) is 5.09. The van der Waals surface area contributed by atoms with Gasteiger partial charge in [-0.2, -0.15) is 5.26 Å². The third-order valence-corrected chi connectivity index (χ3v) is 4.15. The average molecular weight is 352 g/mol. The Labute approximate surface area is 148 Å². The fraction of sp³-hybridized carbons (Fsp3) is 0.0556. The van der Waals surface area contributed by atoms with E-state index in [9.17, 15) is 9.18 Å². The Balaban J connectivity index is 1.93. The minimum atomic E-state index is -0.349. The fourth-order valence-corrected chi connectivity index (χ4v) is 2.85. The molecular formula is C18H13FN4OS. The number of nitriles is 1. The Hall–Kier alpha value is -3.11. The molecule has 0 bridgehead atoms. The van der Waals surface area contributed by atoms with Crippen molar-refractivity contribution < 1.29 is 9.18 Å². The van der Waals surface area contributed by atoms with Crippen molar-refractivity contribution in [2.24, 2.45) is 0 Å². The first-order valence-electron chi connectivity index (χ1n) is 7.31.